The van der Waals surface area contributed by atoms with Crippen molar-refractivity contribution in [3.05, 3.63) is 23.8 Å². The topological polar surface area (TPSA) is 74.6 Å². The van der Waals surface area contributed by atoms with E-state index in [4.69, 9.17) is 0 Å². The third-order valence-corrected chi connectivity index (χ3v) is 6.36. The summed E-state index contributed by atoms with van der Waals surface area (Å²) >= 11 is 0. The van der Waals surface area contributed by atoms with Gasteiger partial charge in [-0.3, -0.25) is 9.59 Å². The highest BCUT2D eigenvalue weighted by Gasteiger charge is 2.38. The Morgan fingerprint density at radius 3 is 1.80 bits per heavy atom. The summed E-state index contributed by atoms with van der Waals surface area (Å²) in [5, 5.41) is 19.5. The van der Waals surface area contributed by atoms with Crippen molar-refractivity contribution < 1.29 is 19.8 Å². The van der Waals surface area contributed by atoms with Crippen molar-refractivity contribution in [2.24, 2.45) is 11.3 Å². The van der Waals surface area contributed by atoms with Crippen molar-refractivity contribution in [1.29, 1.82) is 0 Å². The van der Waals surface area contributed by atoms with Crippen molar-refractivity contribution in [1.82, 2.24) is 0 Å². The molecule has 0 aromatic heterocycles. The van der Waals surface area contributed by atoms with Crippen molar-refractivity contribution in [3.8, 4) is 0 Å². The summed E-state index contributed by atoms with van der Waals surface area (Å²) in [7, 11) is 0. The van der Waals surface area contributed by atoms with Gasteiger partial charge in [0.25, 0.3) is 0 Å². The first kappa shape index (κ1) is 26.5. The van der Waals surface area contributed by atoms with E-state index in [1.807, 2.05) is 0 Å². The van der Waals surface area contributed by atoms with Crippen LogP contribution in [0.2, 0.25) is 0 Å². The number of unbranched alkanes of at least 4 members (excludes halogenated alkanes) is 12. The Bertz CT molecular complexity index is 563. The molecular weight excluding hydrogens is 376 g/mol. The second kappa shape index (κ2) is 15.3. The normalized spacial score (nSPS) is 20.9. The predicted molar refractivity (Wildman–Crippen MR) is 124 cm³/mol. The van der Waals surface area contributed by atoms with E-state index in [1.165, 1.54) is 57.8 Å². The van der Waals surface area contributed by atoms with E-state index in [1.54, 1.807) is 18.2 Å². The number of hydrogen-bond donors (Lipinski definition) is 2. The maximum absolute atomic E-state index is 12.1. The van der Waals surface area contributed by atoms with Crippen LogP contribution in [0.1, 0.15) is 117 Å². The number of carboxylic acid groups (broad SMARTS) is 2. The average Bonchev–Trinajstić information content (AvgIpc) is 2.72. The minimum atomic E-state index is -1.04. The summed E-state index contributed by atoms with van der Waals surface area (Å²) in [6, 6.07) is 0. The molecule has 0 saturated carbocycles. The van der Waals surface area contributed by atoms with Gasteiger partial charge >= 0.3 is 11.9 Å². The van der Waals surface area contributed by atoms with E-state index < -0.39 is 23.3 Å². The molecule has 0 heterocycles. The number of carbonyl (C=O) groups is 2. The molecule has 2 N–H and O–H groups in total. The fourth-order valence-electron chi connectivity index (χ4n) is 4.39. The Morgan fingerprint density at radius 2 is 1.30 bits per heavy atom. The first-order chi connectivity index (χ1) is 14.5. The van der Waals surface area contributed by atoms with Crippen LogP contribution in [0.15, 0.2) is 23.8 Å². The minimum absolute atomic E-state index is 0.554. The van der Waals surface area contributed by atoms with Crippen LogP contribution in [-0.4, -0.2) is 22.2 Å². The maximum atomic E-state index is 12.1. The molecule has 1 aliphatic carbocycles. The second-order valence-corrected chi connectivity index (χ2v) is 8.98. The van der Waals surface area contributed by atoms with Crippen molar-refractivity contribution in [3.63, 3.8) is 0 Å². The Balaban J connectivity index is 2.62. The van der Waals surface area contributed by atoms with Crippen molar-refractivity contribution >= 4 is 11.9 Å². The number of carboxylic acids is 2. The molecule has 0 amide bonds. The van der Waals surface area contributed by atoms with E-state index >= 15 is 0 Å². The van der Waals surface area contributed by atoms with Crippen LogP contribution >= 0.6 is 0 Å². The molecule has 30 heavy (non-hydrogen) atoms. The third-order valence-electron chi connectivity index (χ3n) is 6.36. The molecule has 4 heteroatoms. The summed E-state index contributed by atoms with van der Waals surface area (Å²) in [4.78, 5) is 23.8. The van der Waals surface area contributed by atoms with E-state index in [9.17, 15) is 19.8 Å². The maximum Gasteiger partial charge on any atom is 0.317 e. The summed E-state index contributed by atoms with van der Waals surface area (Å²) in [5.41, 5.74) is -0.254. The van der Waals surface area contributed by atoms with Crippen LogP contribution in [0.5, 0.6) is 0 Å². The minimum Gasteiger partial charge on any atom is -0.481 e. The molecule has 4 nitrogen and oxygen atoms in total. The van der Waals surface area contributed by atoms with Crippen LogP contribution < -0.4 is 0 Å². The monoisotopic (exact) mass is 420 g/mol. The van der Waals surface area contributed by atoms with E-state index in [0.29, 0.717) is 12.8 Å². The van der Waals surface area contributed by atoms with Crippen LogP contribution in [0.4, 0.5) is 0 Å². The molecule has 1 rings (SSSR count). The quantitative estimate of drug-likeness (QED) is 0.177. The van der Waals surface area contributed by atoms with Gasteiger partial charge in [0.1, 0.15) is 5.41 Å². The molecule has 0 radical (unpaired) electrons. The van der Waals surface area contributed by atoms with Gasteiger partial charge in [-0.1, -0.05) is 121 Å². The van der Waals surface area contributed by atoms with Gasteiger partial charge in [0.2, 0.25) is 0 Å². The molecule has 0 fully saturated rings. The largest absolute Gasteiger partial charge is 0.481 e. The summed E-state index contributed by atoms with van der Waals surface area (Å²) < 4.78 is 0. The molecule has 0 aromatic carbocycles. The molecular formula is C26H44O4. The van der Waals surface area contributed by atoms with Gasteiger partial charge < -0.3 is 10.2 Å². The van der Waals surface area contributed by atoms with Crippen LogP contribution in [0, 0.1) is 11.3 Å². The highest BCUT2D eigenvalue weighted by Crippen LogP contribution is 2.38. The van der Waals surface area contributed by atoms with Crippen molar-refractivity contribution in [2.75, 3.05) is 0 Å². The van der Waals surface area contributed by atoms with Gasteiger partial charge in [0.15, 0.2) is 0 Å². The predicted octanol–water partition coefficient (Wildman–Crippen LogP) is 7.54. The van der Waals surface area contributed by atoms with Crippen LogP contribution in [-0.2, 0) is 9.59 Å². The molecule has 0 bridgehead atoms. The number of rotatable bonds is 18. The zero-order chi connectivity index (χ0) is 22.2. The van der Waals surface area contributed by atoms with Gasteiger partial charge in [-0.2, -0.15) is 0 Å². The molecule has 0 aromatic rings. The molecule has 0 aliphatic heterocycles. The van der Waals surface area contributed by atoms with Crippen LogP contribution in [0.25, 0.3) is 0 Å². The van der Waals surface area contributed by atoms with Gasteiger partial charge in [0.05, 0.1) is 5.92 Å². The highest BCUT2D eigenvalue weighted by atomic mass is 16.4. The number of aliphatic carboxylic acids is 2. The zero-order valence-electron chi connectivity index (χ0n) is 19.3. The lowest BCUT2D eigenvalue weighted by atomic mass is 9.73. The first-order valence-electron chi connectivity index (χ1n) is 12.3. The molecule has 172 valence electrons. The standard InChI is InChI=1S/C26H44O4/c1-3-5-7-9-11-12-13-15-17-22-21-26(25(29)30,20-18-23(22)24(27)28)19-16-14-10-8-6-4-2/h18,20-21,23H,3-17,19H2,1-2H3,(H,27,28)(H,29,30). The Morgan fingerprint density at radius 1 is 0.800 bits per heavy atom. The molecule has 0 saturated heterocycles. The molecule has 2 unspecified atom stereocenters. The van der Waals surface area contributed by atoms with Gasteiger partial charge in [-0.05, 0) is 19.3 Å². The summed E-state index contributed by atoms with van der Waals surface area (Å²) in [5.74, 6) is -2.41. The van der Waals surface area contributed by atoms with E-state index in [-0.39, 0.29) is 0 Å². The highest BCUT2D eigenvalue weighted by molar-refractivity contribution is 5.83. The summed E-state index contributed by atoms with van der Waals surface area (Å²) in [6.45, 7) is 4.40. The van der Waals surface area contributed by atoms with Crippen molar-refractivity contribution in [2.45, 2.75) is 117 Å². The van der Waals surface area contributed by atoms with Gasteiger partial charge in [0, 0.05) is 0 Å². The van der Waals surface area contributed by atoms with Crippen LogP contribution in [0.3, 0.4) is 0 Å². The lowest BCUT2D eigenvalue weighted by Crippen LogP contribution is -2.32. The van der Waals surface area contributed by atoms with E-state index in [2.05, 4.69) is 13.8 Å². The Kier molecular flexibility index (Phi) is 13.5. The lowest BCUT2D eigenvalue weighted by Gasteiger charge is -2.30. The molecule has 1 aliphatic rings. The molecule has 2 atom stereocenters. The SMILES string of the molecule is CCCCCCCCCCC1=CC(CCCCCCCC)(C(=O)O)C=CC1C(=O)O. The van der Waals surface area contributed by atoms with E-state index in [0.717, 1.165) is 37.7 Å². The number of hydrogen-bond acceptors (Lipinski definition) is 2. The molecule has 0 spiro atoms. The fraction of sp³-hybridized carbons (Fsp3) is 0.769. The third kappa shape index (κ3) is 9.49. The smallest absolute Gasteiger partial charge is 0.317 e. The first-order valence-corrected chi connectivity index (χ1v) is 12.3. The fourth-order valence-corrected chi connectivity index (χ4v) is 4.39. The lowest BCUT2D eigenvalue weighted by molar-refractivity contribution is -0.145. The van der Waals surface area contributed by atoms with Gasteiger partial charge in [-0.15, -0.1) is 0 Å². The Labute approximate surface area is 183 Å². The summed E-state index contributed by atoms with van der Waals surface area (Å²) in [6.07, 6.45) is 22.5. The second-order valence-electron chi connectivity index (χ2n) is 8.98. The Hall–Kier alpha value is -1.58. The average molecular weight is 421 g/mol. The zero-order valence-corrected chi connectivity index (χ0v) is 19.3. The van der Waals surface area contributed by atoms with Gasteiger partial charge in [-0.25, -0.2) is 0 Å².